The standard InChI is InChI=1S/C20H27N5O9S2/c1-20(2,3)34-11(26)7-23(4)16(29)12-10(8-35-19-21-14(27)15(28)22-24(19)5)9-36(31,32)18-13(33-6)17(30)25(12)18/h13,18H,7-9H2,1-6H3,(H,22,28)/t13-,18+/m0/s1. The van der Waals surface area contributed by atoms with Gasteiger partial charge in [-0.15, -0.1) is 0 Å². The Hall–Kier alpha value is -2.98. The van der Waals surface area contributed by atoms with Gasteiger partial charge in [-0.2, -0.15) is 4.98 Å². The van der Waals surface area contributed by atoms with Crippen molar-refractivity contribution >= 4 is 39.4 Å². The van der Waals surface area contributed by atoms with E-state index in [0.717, 1.165) is 21.6 Å². The van der Waals surface area contributed by atoms with Crippen molar-refractivity contribution in [2.75, 3.05) is 32.2 Å². The van der Waals surface area contributed by atoms with Gasteiger partial charge in [0, 0.05) is 27.0 Å². The lowest BCUT2D eigenvalue weighted by Gasteiger charge is -2.49. The number of carbonyl (C=O) groups is 3. The molecule has 0 saturated carbocycles. The van der Waals surface area contributed by atoms with Crippen molar-refractivity contribution in [1.29, 1.82) is 0 Å². The van der Waals surface area contributed by atoms with E-state index >= 15 is 0 Å². The van der Waals surface area contributed by atoms with Crippen molar-refractivity contribution in [3.8, 4) is 0 Å². The summed E-state index contributed by atoms with van der Waals surface area (Å²) < 4.78 is 37.4. The van der Waals surface area contributed by atoms with Gasteiger partial charge in [-0.05, 0) is 26.3 Å². The molecule has 0 aliphatic carbocycles. The van der Waals surface area contributed by atoms with Crippen LogP contribution >= 0.6 is 11.8 Å². The number of aryl methyl sites for hydroxylation is 1. The van der Waals surface area contributed by atoms with Crippen LogP contribution in [0.1, 0.15) is 20.8 Å². The number of hydrogen-bond donors (Lipinski definition) is 1. The number of aromatic nitrogens is 3. The summed E-state index contributed by atoms with van der Waals surface area (Å²) in [6.07, 6.45) is -1.26. The molecule has 2 atom stereocenters. The smallest absolute Gasteiger partial charge is 0.339 e. The Morgan fingerprint density at radius 2 is 1.89 bits per heavy atom. The van der Waals surface area contributed by atoms with Crippen LogP contribution in [0.5, 0.6) is 0 Å². The van der Waals surface area contributed by atoms with E-state index in [1.807, 2.05) is 0 Å². The van der Waals surface area contributed by atoms with Gasteiger partial charge in [-0.1, -0.05) is 11.8 Å². The fourth-order valence-electron chi connectivity index (χ4n) is 3.73. The number of amides is 2. The average Bonchev–Trinajstić information content (AvgIpc) is 2.73. The quantitative estimate of drug-likeness (QED) is 0.177. The maximum atomic E-state index is 13.4. The molecule has 2 aliphatic rings. The highest BCUT2D eigenvalue weighted by atomic mass is 32.2. The molecule has 1 aromatic rings. The molecule has 1 aromatic heterocycles. The maximum absolute atomic E-state index is 13.4. The van der Waals surface area contributed by atoms with Crippen molar-refractivity contribution in [3.63, 3.8) is 0 Å². The van der Waals surface area contributed by atoms with Crippen molar-refractivity contribution < 1.29 is 32.3 Å². The molecule has 0 radical (unpaired) electrons. The number of fused-ring (bicyclic) bond motifs is 1. The molecule has 1 fully saturated rings. The molecule has 3 heterocycles. The zero-order valence-corrected chi connectivity index (χ0v) is 22.2. The number of sulfone groups is 1. The van der Waals surface area contributed by atoms with E-state index in [4.69, 9.17) is 9.47 Å². The highest BCUT2D eigenvalue weighted by molar-refractivity contribution is 7.99. The first kappa shape index (κ1) is 27.6. The summed E-state index contributed by atoms with van der Waals surface area (Å²) in [5, 5.41) is 0.953. The fourth-order valence-corrected chi connectivity index (χ4v) is 6.82. The Morgan fingerprint density at radius 3 is 2.47 bits per heavy atom. The second-order valence-electron chi connectivity index (χ2n) is 9.25. The van der Waals surface area contributed by atoms with Gasteiger partial charge in [0.25, 0.3) is 11.8 Å². The van der Waals surface area contributed by atoms with Crippen molar-refractivity contribution in [1.82, 2.24) is 24.6 Å². The molecule has 14 nitrogen and oxygen atoms in total. The minimum Gasteiger partial charge on any atom is -0.459 e. The van der Waals surface area contributed by atoms with E-state index in [1.165, 1.54) is 25.9 Å². The van der Waals surface area contributed by atoms with Crippen LogP contribution in [0.25, 0.3) is 0 Å². The third kappa shape index (κ3) is 5.39. The Kier molecular flexibility index (Phi) is 7.53. The number of β-lactam (4-membered cyclic amide) rings is 1. The Morgan fingerprint density at radius 1 is 1.25 bits per heavy atom. The Labute approximate surface area is 210 Å². The molecule has 0 spiro atoms. The first-order chi connectivity index (χ1) is 16.6. The number of thioether (sulfide) groups is 1. The SMILES string of the molecule is CO[C@H]1C(=O)N2C(C(=O)N(C)CC(=O)OC(C)(C)C)=C(CSc3nc(=O)c(=O)[nH]n3C)CS(=O)(=O)[C@H]12. The number of ether oxygens (including phenoxy) is 2. The number of aromatic amines is 1. The monoisotopic (exact) mass is 545 g/mol. The van der Waals surface area contributed by atoms with Gasteiger partial charge in [-0.3, -0.25) is 38.7 Å². The molecular weight excluding hydrogens is 518 g/mol. The number of hydrogen-bond acceptors (Lipinski definition) is 11. The van der Waals surface area contributed by atoms with Crippen LogP contribution in [-0.2, 0) is 40.7 Å². The first-order valence-electron chi connectivity index (χ1n) is 10.6. The van der Waals surface area contributed by atoms with Crippen LogP contribution in [0.4, 0.5) is 0 Å². The molecule has 3 rings (SSSR count). The third-order valence-corrected chi connectivity index (χ3v) is 8.29. The van der Waals surface area contributed by atoms with Crippen LogP contribution < -0.4 is 11.1 Å². The van der Waals surface area contributed by atoms with E-state index < -0.39 is 68.1 Å². The number of rotatable bonds is 7. The molecular formula is C20H27N5O9S2. The fraction of sp³-hybridized carbons (Fsp3) is 0.600. The van der Waals surface area contributed by atoms with E-state index in [1.54, 1.807) is 20.8 Å². The highest BCUT2D eigenvalue weighted by Crippen LogP contribution is 2.39. The highest BCUT2D eigenvalue weighted by Gasteiger charge is 2.60. The largest absolute Gasteiger partial charge is 0.459 e. The lowest BCUT2D eigenvalue weighted by molar-refractivity contribution is -0.162. The van der Waals surface area contributed by atoms with Gasteiger partial charge in [0.15, 0.2) is 26.5 Å². The van der Waals surface area contributed by atoms with Gasteiger partial charge in [0.05, 0.1) is 5.75 Å². The molecule has 1 saturated heterocycles. The van der Waals surface area contributed by atoms with Gasteiger partial charge < -0.3 is 14.4 Å². The zero-order chi connectivity index (χ0) is 27.2. The van der Waals surface area contributed by atoms with Crippen molar-refractivity contribution in [2.45, 2.75) is 43.0 Å². The number of carbonyl (C=O) groups excluding carboxylic acids is 3. The number of methoxy groups -OCH3 is 1. The van der Waals surface area contributed by atoms with E-state index in [9.17, 15) is 32.4 Å². The topological polar surface area (TPSA) is 178 Å². The minimum atomic E-state index is -3.94. The summed E-state index contributed by atoms with van der Waals surface area (Å²) in [5.41, 5.74) is -2.87. The second kappa shape index (κ2) is 9.82. The lowest BCUT2D eigenvalue weighted by atomic mass is 10.0. The molecule has 0 bridgehead atoms. The van der Waals surface area contributed by atoms with Crippen LogP contribution in [0.3, 0.4) is 0 Å². The predicted molar refractivity (Wildman–Crippen MR) is 127 cm³/mol. The van der Waals surface area contributed by atoms with Crippen LogP contribution in [0, 0.1) is 0 Å². The molecule has 1 N–H and O–H groups in total. The van der Waals surface area contributed by atoms with Crippen LogP contribution in [0.2, 0.25) is 0 Å². The van der Waals surface area contributed by atoms with E-state index in [-0.39, 0.29) is 22.2 Å². The molecule has 2 amide bonds. The molecule has 36 heavy (non-hydrogen) atoms. The summed E-state index contributed by atoms with van der Waals surface area (Å²) in [6, 6.07) is 0. The number of nitrogens with zero attached hydrogens (tertiary/aromatic N) is 4. The minimum absolute atomic E-state index is 0.0604. The number of likely N-dealkylation sites (N-methyl/N-ethyl adjacent to an activating group) is 1. The number of H-pyrrole nitrogens is 1. The van der Waals surface area contributed by atoms with Crippen LogP contribution in [-0.4, -0.2) is 100 Å². The summed E-state index contributed by atoms with van der Waals surface area (Å²) in [5.74, 6) is -2.87. The second-order valence-corrected chi connectivity index (χ2v) is 12.3. The van der Waals surface area contributed by atoms with Gasteiger partial charge in [0.1, 0.15) is 17.8 Å². The Balaban J connectivity index is 1.99. The van der Waals surface area contributed by atoms with Gasteiger partial charge >= 0.3 is 17.1 Å². The summed E-state index contributed by atoms with van der Waals surface area (Å²) in [6.45, 7) is 4.57. The zero-order valence-electron chi connectivity index (χ0n) is 20.6. The first-order valence-corrected chi connectivity index (χ1v) is 13.3. The lowest BCUT2D eigenvalue weighted by Crippen LogP contribution is -2.71. The average molecular weight is 546 g/mol. The number of nitrogens with one attached hydrogen (secondary N) is 1. The third-order valence-electron chi connectivity index (χ3n) is 5.23. The molecule has 0 unspecified atom stereocenters. The van der Waals surface area contributed by atoms with Crippen molar-refractivity contribution in [2.24, 2.45) is 7.05 Å². The normalized spacial score (nSPS) is 21.1. The van der Waals surface area contributed by atoms with E-state index in [0.29, 0.717) is 0 Å². The van der Waals surface area contributed by atoms with E-state index in [2.05, 4.69) is 10.1 Å². The Bertz CT molecular complexity index is 1360. The number of esters is 1. The summed E-state index contributed by atoms with van der Waals surface area (Å²) >= 11 is 0.895. The van der Waals surface area contributed by atoms with Gasteiger partial charge in [-0.25, -0.2) is 8.42 Å². The summed E-state index contributed by atoms with van der Waals surface area (Å²) in [4.78, 5) is 67.1. The predicted octanol–water partition coefficient (Wildman–Crippen LogP) is -1.77. The molecule has 16 heteroatoms. The van der Waals surface area contributed by atoms with Crippen molar-refractivity contribution in [3.05, 3.63) is 32.0 Å². The van der Waals surface area contributed by atoms with Gasteiger partial charge in [0.2, 0.25) is 0 Å². The molecule has 2 aliphatic heterocycles. The molecule has 0 aromatic carbocycles. The molecule has 198 valence electrons. The maximum Gasteiger partial charge on any atom is 0.339 e. The van der Waals surface area contributed by atoms with Crippen LogP contribution in [0.15, 0.2) is 26.0 Å². The summed E-state index contributed by atoms with van der Waals surface area (Å²) in [7, 11) is 0.0197.